The predicted octanol–water partition coefficient (Wildman–Crippen LogP) is 3.26. The van der Waals surface area contributed by atoms with Gasteiger partial charge in [0.2, 0.25) is 11.8 Å². The lowest BCUT2D eigenvalue weighted by Gasteiger charge is -2.16. The Morgan fingerprint density at radius 2 is 2.04 bits per heavy atom. The largest absolute Gasteiger partial charge is 0.312 e. The van der Waals surface area contributed by atoms with Crippen molar-refractivity contribution in [3.05, 3.63) is 64.1 Å². The van der Waals surface area contributed by atoms with Crippen molar-refractivity contribution >= 4 is 39.6 Å². The molecule has 0 unspecified atom stereocenters. The van der Waals surface area contributed by atoms with Crippen LogP contribution in [0, 0.1) is 12.8 Å². The number of carbonyl (C=O) groups excluding carboxylic acids is 2. The van der Waals surface area contributed by atoms with E-state index in [0.717, 1.165) is 21.3 Å². The summed E-state index contributed by atoms with van der Waals surface area (Å²) in [5.74, 6) is -0.678. The van der Waals surface area contributed by atoms with Gasteiger partial charge in [0, 0.05) is 23.1 Å². The van der Waals surface area contributed by atoms with E-state index in [1.165, 1.54) is 0 Å². The molecule has 0 aliphatic carbocycles. The Bertz CT molecular complexity index is 818. The number of hydrogen-bond acceptors (Lipinski definition) is 3. The van der Waals surface area contributed by atoms with Crippen LogP contribution in [-0.4, -0.2) is 24.6 Å². The van der Waals surface area contributed by atoms with Gasteiger partial charge in [0.25, 0.3) is 0 Å². The molecular weight excluding hydrogens is 382 g/mol. The summed E-state index contributed by atoms with van der Waals surface area (Å²) in [7, 11) is 0. The van der Waals surface area contributed by atoms with Crippen LogP contribution in [0.1, 0.15) is 17.5 Å². The van der Waals surface area contributed by atoms with Gasteiger partial charge in [-0.2, -0.15) is 5.10 Å². The Morgan fingerprint density at radius 3 is 2.76 bits per heavy atom. The molecule has 2 aromatic rings. The molecular formula is C19H18BrN3O2. The van der Waals surface area contributed by atoms with E-state index in [1.807, 2.05) is 55.5 Å². The zero-order valence-corrected chi connectivity index (χ0v) is 15.4. The van der Waals surface area contributed by atoms with Gasteiger partial charge in [0.15, 0.2) is 0 Å². The van der Waals surface area contributed by atoms with Crippen molar-refractivity contribution in [2.45, 2.75) is 13.3 Å². The summed E-state index contributed by atoms with van der Waals surface area (Å²) in [5.41, 5.74) is 5.36. The van der Waals surface area contributed by atoms with Gasteiger partial charge < -0.3 is 4.90 Å². The summed E-state index contributed by atoms with van der Waals surface area (Å²) >= 11 is 3.38. The lowest BCUT2D eigenvalue weighted by Crippen LogP contribution is -2.30. The smallest absolute Gasteiger partial charge is 0.245 e. The van der Waals surface area contributed by atoms with Crippen LogP contribution < -0.4 is 10.3 Å². The third-order valence-corrected chi connectivity index (χ3v) is 4.57. The van der Waals surface area contributed by atoms with Crippen molar-refractivity contribution in [3.63, 3.8) is 0 Å². The SMILES string of the molecule is Cc1ccc(N2C[C@@H](C(=O)N/N=C\c3cccc(Br)c3)CC2=O)cc1. The molecule has 3 rings (SSSR count). The number of anilines is 1. The van der Waals surface area contributed by atoms with Crippen molar-refractivity contribution < 1.29 is 9.59 Å². The number of halogens is 1. The van der Waals surface area contributed by atoms with E-state index in [-0.39, 0.29) is 18.2 Å². The number of hydrazone groups is 1. The Kier molecular flexibility index (Phi) is 5.28. The van der Waals surface area contributed by atoms with Gasteiger partial charge in [-0.05, 0) is 36.8 Å². The van der Waals surface area contributed by atoms with Gasteiger partial charge in [0.05, 0.1) is 12.1 Å². The predicted molar refractivity (Wildman–Crippen MR) is 102 cm³/mol. The molecule has 0 bridgehead atoms. The monoisotopic (exact) mass is 399 g/mol. The third kappa shape index (κ3) is 4.33. The first-order valence-corrected chi connectivity index (χ1v) is 8.78. The fourth-order valence-corrected chi connectivity index (χ4v) is 3.12. The van der Waals surface area contributed by atoms with Crippen molar-refractivity contribution in [2.75, 3.05) is 11.4 Å². The molecule has 1 fully saturated rings. The number of carbonyl (C=O) groups is 2. The summed E-state index contributed by atoms with van der Waals surface area (Å²) in [6.45, 7) is 2.37. The van der Waals surface area contributed by atoms with Gasteiger partial charge in [0.1, 0.15) is 0 Å². The fraction of sp³-hybridized carbons (Fsp3) is 0.211. The number of nitrogens with one attached hydrogen (secondary N) is 1. The van der Waals surface area contributed by atoms with E-state index in [9.17, 15) is 9.59 Å². The normalized spacial score (nSPS) is 17.3. The van der Waals surface area contributed by atoms with Crippen LogP contribution in [0.25, 0.3) is 0 Å². The lowest BCUT2D eigenvalue weighted by atomic mass is 10.1. The topological polar surface area (TPSA) is 61.8 Å². The minimum atomic E-state index is -0.395. The Balaban J connectivity index is 1.60. The summed E-state index contributed by atoms with van der Waals surface area (Å²) in [6.07, 6.45) is 1.78. The lowest BCUT2D eigenvalue weighted by molar-refractivity contribution is -0.126. The highest BCUT2D eigenvalue weighted by Crippen LogP contribution is 2.25. The Hall–Kier alpha value is -2.47. The van der Waals surface area contributed by atoms with E-state index in [2.05, 4.69) is 26.5 Å². The van der Waals surface area contributed by atoms with Crippen LogP contribution in [0.2, 0.25) is 0 Å². The molecule has 128 valence electrons. The first-order chi connectivity index (χ1) is 12.0. The first-order valence-electron chi connectivity index (χ1n) is 7.98. The summed E-state index contributed by atoms with van der Waals surface area (Å²) in [4.78, 5) is 26.1. The average molecular weight is 400 g/mol. The zero-order chi connectivity index (χ0) is 17.8. The number of aryl methyl sites for hydroxylation is 1. The molecule has 1 aliphatic heterocycles. The number of rotatable bonds is 4. The van der Waals surface area contributed by atoms with Crippen LogP contribution in [0.4, 0.5) is 5.69 Å². The Labute approximate surface area is 154 Å². The molecule has 0 aromatic heterocycles. The maximum Gasteiger partial charge on any atom is 0.245 e. The highest BCUT2D eigenvalue weighted by atomic mass is 79.9. The molecule has 0 radical (unpaired) electrons. The molecule has 1 saturated heterocycles. The zero-order valence-electron chi connectivity index (χ0n) is 13.8. The highest BCUT2D eigenvalue weighted by Gasteiger charge is 2.35. The maximum atomic E-state index is 12.3. The summed E-state index contributed by atoms with van der Waals surface area (Å²) in [6, 6.07) is 15.3. The van der Waals surface area contributed by atoms with Crippen molar-refractivity contribution in [3.8, 4) is 0 Å². The molecule has 1 atom stereocenters. The van der Waals surface area contributed by atoms with Gasteiger partial charge in [-0.1, -0.05) is 45.8 Å². The van der Waals surface area contributed by atoms with E-state index in [1.54, 1.807) is 11.1 Å². The summed E-state index contributed by atoms with van der Waals surface area (Å²) < 4.78 is 0.943. The second-order valence-electron chi connectivity index (χ2n) is 6.03. The van der Waals surface area contributed by atoms with Crippen LogP contribution in [-0.2, 0) is 9.59 Å². The van der Waals surface area contributed by atoms with Gasteiger partial charge in [-0.3, -0.25) is 9.59 Å². The summed E-state index contributed by atoms with van der Waals surface area (Å²) in [5, 5.41) is 3.99. The van der Waals surface area contributed by atoms with Gasteiger partial charge in [-0.25, -0.2) is 5.43 Å². The molecule has 2 aromatic carbocycles. The van der Waals surface area contributed by atoms with E-state index >= 15 is 0 Å². The molecule has 5 nitrogen and oxygen atoms in total. The molecule has 1 heterocycles. The van der Waals surface area contributed by atoms with E-state index in [4.69, 9.17) is 0 Å². The minimum Gasteiger partial charge on any atom is -0.312 e. The molecule has 2 amide bonds. The van der Waals surface area contributed by atoms with Crippen molar-refractivity contribution in [2.24, 2.45) is 11.0 Å². The molecule has 1 aliphatic rings. The minimum absolute atomic E-state index is 0.0417. The fourth-order valence-electron chi connectivity index (χ4n) is 2.71. The molecule has 25 heavy (non-hydrogen) atoms. The molecule has 1 N–H and O–H groups in total. The molecule has 6 heteroatoms. The Morgan fingerprint density at radius 1 is 1.28 bits per heavy atom. The van der Waals surface area contributed by atoms with E-state index in [0.29, 0.717) is 6.54 Å². The average Bonchev–Trinajstić information content (AvgIpc) is 2.97. The van der Waals surface area contributed by atoms with E-state index < -0.39 is 5.92 Å². The van der Waals surface area contributed by atoms with Crippen LogP contribution in [0.5, 0.6) is 0 Å². The number of hydrogen-bond donors (Lipinski definition) is 1. The standard InChI is InChI=1S/C19H18BrN3O2/c1-13-5-7-17(8-6-13)23-12-15(10-18(23)24)19(25)22-21-11-14-3-2-4-16(20)9-14/h2-9,11,15H,10,12H2,1H3,(H,22,25)/b21-11-/t15-/m0/s1. The van der Waals surface area contributed by atoms with Gasteiger partial charge in [-0.15, -0.1) is 0 Å². The number of amides is 2. The number of benzene rings is 2. The van der Waals surface area contributed by atoms with Crippen molar-refractivity contribution in [1.29, 1.82) is 0 Å². The van der Waals surface area contributed by atoms with Crippen molar-refractivity contribution in [1.82, 2.24) is 5.43 Å². The third-order valence-electron chi connectivity index (χ3n) is 4.08. The van der Waals surface area contributed by atoms with Crippen LogP contribution >= 0.6 is 15.9 Å². The second kappa shape index (κ2) is 7.61. The maximum absolute atomic E-state index is 12.3. The number of nitrogens with zero attached hydrogens (tertiary/aromatic N) is 2. The second-order valence-corrected chi connectivity index (χ2v) is 6.95. The highest BCUT2D eigenvalue weighted by molar-refractivity contribution is 9.10. The molecule has 0 saturated carbocycles. The quantitative estimate of drug-likeness (QED) is 0.633. The van der Waals surface area contributed by atoms with Crippen LogP contribution in [0.3, 0.4) is 0 Å². The van der Waals surface area contributed by atoms with Gasteiger partial charge >= 0.3 is 0 Å². The van der Waals surface area contributed by atoms with Crippen LogP contribution in [0.15, 0.2) is 58.1 Å². The first kappa shape index (κ1) is 17.4. The molecule has 0 spiro atoms.